The number of hydrogen-bond donors (Lipinski definition) is 3. The summed E-state index contributed by atoms with van der Waals surface area (Å²) in [6.45, 7) is 1.46. The highest BCUT2D eigenvalue weighted by Crippen LogP contribution is 2.43. The van der Waals surface area contributed by atoms with Gasteiger partial charge in [0.1, 0.15) is 0 Å². The molecule has 3 rings (SSSR count). The molecule has 0 aliphatic heterocycles. The number of imidazole rings is 1. The number of alkyl halides is 6. The molecule has 1 unspecified atom stereocenters. The van der Waals surface area contributed by atoms with Gasteiger partial charge in [-0.25, -0.2) is 9.97 Å². The first-order valence-electron chi connectivity index (χ1n) is 9.05. The molecule has 2 aromatic heterocycles. The quantitative estimate of drug-likeness (QED) is 0.491. The number of hydrogen-bond acceptors (Lipinski definition) is 5. The van der Waals surface area contributed by atoms with Crippen LogP contribution >= 0.6 is 0 Å². The molecule has 1 aromatic carbocycles. The van der Waals surface area contributed by atoms with E-state index in [4.69, 9.17) is 5.73 Å². The Balaban J connectivity index is 0.00000363. The molecule has 0 aliphatic carbocycles. The van der Waals surface area contributed by atoms with Gasteiger partial charge in [-0.15, -0.1) is 0 Å². The van der Waals surface area contributed by atoms with Crippen molar-refractivity contribution in [2.45, 2.75) is 38.7 Å². The van der Waals surface area contributed by atoms with Crippen LogP contribution in [0.1, 0.15) is 30.7 Å². The van der Waals surface area contributed by atoms with Crippen LogP contribution in [0.4, 0.5) is 32.2 Å². The third-order valence-electron chi connectivity index (χ3n) is 5.01. The number of nitrogen functional groups attached to an aromatic ring is 1. The number of benzene rings is 1. The molecule has 1 atom stereocenters. The first-order chi connectivity index (χ1) is 14.3. The third-order valence-corrected chi connectivity index (χ3v) is 5.01. The van der Waals surface area contributed by atoms with Crippen LogP contribution in [0.2, 0.25) is 0 Å². The number of aliphatic hydroxyl groups is 1. The van der Waals surface area contributed by atoms with Crippen molar-refractivity contribution in [3.8, 4) is 11.3 Å². The van der Waals surface area contributed by atoms with Gasteiger partial charge in [-0.05, 0) is 37.7 Å². The zero-order valence-corrected chi connectivity index (χ0v) is 16.4. The van der Waals surface area contributed by atoms with Gasteiger partial charge in [-0.1, -0.05) is 19.6 Å². The highest BCUT2D eigenvalue weighted by atomic mass is 19.4. The van der Waals surface area contributed by atoms with E-state index < -0.39 is 41.4 Å². The third kappa shape index (κ3) is 4.37. The lowest BCUT2D eigenvalue weighted by molar-refractivity contribution is -0.268. The van der Waals surface area contributed by atoms with Gasteiger partial charge in [0.05, 0.1) is 11.9 Å². The Kier molecular flexibility index (Phi) is 6.81. The Morgan fingerprint density at radius 2 is 1.81 bits per heavy atom. The maximum absolute atomic E-state index is 13.7. The van der Waals surface area contributed by atoms with E-state index in [1.165, 1.54) is 19.3 Å². The number of aryl methyl sites for hydroxylation is 1. The topological polar surface area (TPSA) is 88.5 Å². The minimum atomic E-state index is -4.98. The number of anilines is 1. The molecular weight excluding hydrogens is 440 g/mol. The maximum atomic E-state index is 13.7. The molecule has 6 nitrogen and oxygen atoms in total. The molecule has 2 heterocycles. The fourth-order valence-electron chi connectivity index (χ4n) is 3.26. The fourth-order valence-corrected chi connectivity index (χ4v) is 3.26. The number of nitrogens with zero attached hydrogens (tertiary/aromatic N) is 3. The van der Waals surface area contributed by atoms with Crippen LogP contribution in [0.5, 0.6) is 0 Å². The summed E-state index contributed by atoms with van der Waals surface area (Å²) in [5.74, 6) is -0.476. The summed E-state index contributed by atoms with van der Waals surface area (Å²) in [5.41, 5.74) is 1.36. The lowest BCUT2D eigenvalue weighted by Gasteiger charge is -2.31. The first kappa shape index (κ1) is 25.4. The normalized spacial score (nSPS) is 14.3. The van der Waals surface area contributed by atoms with E-state index in [0.717, 1.165) is 16.5 Å². The van der Waals surface area contributed by atoms with Crippen molar-refractivity contribution in [3.63, 3.8) is 0 Å². The van der Waals surface area contributed by atoms with Gasteiger partial charge in [0.25, 0.3) is 0 Å². The van der Waals surface area contributed by atoms with Gasteiger partial charge >= 0.3 is 12.4 Å². The van der Waals surface area contributed by atoms with E-state index >= 15 is 0 Å². The zero-order chi connectivity index (χ0) is 23.2. The summed E-state index contributed by atoms with van der Waals surface area (Å²) in [6.07, 6.45) is -8.55. The molecular formula is C20H23F6N5O. The molecule has 32 heavy (non-hydrogen) atoms. The lowest BCUT2D eigenvalue weighted by Crippen LogP contribution is -2.44. The number of nitrogens with one attached hydrogen (secondary N) is 1. The first-order valence-corrected chi connectivity index (χ1v) is 9.05. The standard InChI is InChI=1S/C19H19F6N5O.CH4/c1-10-3-4-11(17(31,5-6-27-2)19(23,24)25)7-12(10)13-8-28-16-15(26)29-14(9-30(13)16)18(20,21)22;/h3-4,7-9,27,31H,5-6H2,1-2H3,(H2,26,29);1H4. The Labute approximate surface area is 180 Å². The smallest absolute Gasteiger partial charge is 0.381 e. The Morgan fingerprint density at radius 3 is 2.38 bits per heavy atom. The minimum absolute atomic E-state index is 0. The Bertz CT molecular complexity index is 1110. The SMILES string of the molecule is C.CNCCC(O)(c1ccc(C)c(-c2cnc3c(N)nc(C(F)(F)F)cn23)c1)C(F)(F)F. The molecule has 0 spiro atoms. The highest BCUT2D eigenvalue weighted by molar-refractivity contribution is 5.72. The van der Waals surface area contributed by atoms with Crippen LogP contribution in [0.25, 0.3) is 16.9 Å². The van der Waals surface area contributed by atoms with E-state index in [2.05, 4.69) is 15.3 Å². The fraction of sp³-hybridized carbons (Fsp3) is 0.400. The summed E-state index contributed by atoms with van der Waals surface area (Å²) in [6, 6.07) is 3.60. The van der Waals surface area contributed by atoms with Crippen molar-refractivity contribution in [2.24, 2.45) is 0 Å². The molecule has 0 radical (unpaired) electrons. The van der Waals surface area contributed by atoms with Crippen molar-refractivity contribution in [1.82, 2.24) is 19.7 Å². The number of rotatable bonds is 5. The highest BCUT2D eigenvalue weighted by Gasteiger charge is 2.54. The van der Waals surface area contributed by atoms with Gasteiger partial charge in [0.15, 0.2) is 22.8 Å². The predicted molar refractivity (Wildman–Crippen MR) is 108 cm³/mol. The van der Waals surface area contributed by atoms with E-state index in [-0.39, 0.29) is 30.9 Å². The number of nitrogens with two attached hydrogens (primary N) is 1. The van der Waals surface area contributed by atoms with Crippen LogP contribution < -0.4 is 11.1 Å². The summed E-state index contributed by atoms with van der Waals surface area (Å²) >= 11 is 0. The van der Waals surface area contributed by atoms with Gasteiger partial charge < -0.3 is 16.2 Å². The second-order valence-electron chi connectivity index (χ2n) is 7.09. The van der Waals surface area contributed by atoms with E-state index in [0.29, 0.717) is 11.8 Å². The Morgan fingerprint density at radius 1 is 1.16 bits per heavy atom. The van der Waals surface area contributed by atoms with Crippen LogP contribution in [0, 0.1) is 6.92 Å². The van der Waals surface area contributed by atoms with Crippen LogP contribution in [-0.2, 0) is 11.8 Å². The van der Waals surface area contributed by atoms with Gasteiger partial charge in [-0.3, -0.25) is 4.40 Å². The van der Waals surface area contributed by atoms with Crippen molar-refractivity contribution in [2.75, 3.05) is 19.3 Å². The molecule has 0 bridgehead atoms. The zero-order valence-electron chi connectivity index (χ0n) is 16.4. The molecule has 12 heteroatoms. The van der Waals surface area contributed by atoms with Crippen LogP contribution in [0.3, 0.4) is 0 Å². The monoisotopic (exact) mass is 463 g/mol. The van der Waals surface area contributed by atoms with Crippen LogP contribution in [0.15, 0.2) is 30.6 Å². The molecule has 0 amide bonds. The van der Waals surface area contributed by atoms with Crippen molar-refractivity contribution in [3.05, 3.63) is 47.4 Å². The molecule has 176 valence electrons. The molecule has 3 aromatic rings. The average Bonchev–Trinajstić information content (AvgIpc) is 3.09. The predicted octanol–water partition coefficient (Wildman–Crippen LogP) is 4.30. The van der Waals surface area contributed by atoms with E-state index in [1.54, 1.807) is 6.92 Å². The van der Waals surface area contributed by atoms with Crippen molar-refractivity contribution < 1.29 is 31.4 Å². The molecule has 0 aliphatic rings. The minimum Gasteiger partial charge on any atom is -0.381 e. The maximum Gasteiger partial charge on any atom is 0.434 e. The summed E-state index contributed by atoms with van der Waals surface area (Å²) < 4.78 is 81.7. The molecule has 4 N–H and O–H groups in total. The summed E-state index contributed by atoms with van der Waals surface area (Å²) in [4.78, 5) is 7.26. The lowest BCUT2D eigenvalue weighted by atomic mass is 9.87. The molecule has 0 saturated heterocycles. The second kappa shape index (κ2) is 8.58. The summed E-state index contributed by atoms with van der Waals surface area (Å²) in [5, 5.41) is 13.1. The molecule has 0 fully saturated rings. The van der Waals surface area contributed by atoms with Gasteiger partial charge in [-0.2, -0.15) is 26.3 Å². The number of fused-ring (bicyclic) bond motifs is 1. The van der Waals surface area contributed by atoms with Gasteiger partial charge in [0.2, 0.25) is 0 Å². The molecule has 0 saturated carbocycles. The summed E-state index contributed by atoms with van der Waals surface area (Å²) in [7, 11) is 1.45. The van der Waals surface area contributed by atoms with Crippen LogP contribution in [-0.4, -0.2) is 39.2 Å². The van der Waals surface area contributed by atoms with E-state index in [9.17, 15) is 31.4 Å². The van der Waals surface area contributed by atoms with Gasteiger partial charge in [0, 0.05) is 18.2 Å². The second-order valence-corrected chi connectivity index (χ2v) is 7.09. The van der Waals surface area contributed by atoms with Crippen molar-refractivity contribution in [1.29, 1.82) is 0 Å². The number of halogens is 6. The largest absolute Gasteiger partial charge is 0.434 e. The number of aromatic nitrogens is 3. The van der Waals surface area contributed by atoms with E-state index in [1.807, 2.05) is 0 Å². The average molecular weight is 463 g/mol. The Hall–Kier alpha value is -2.86. The van der Waals surface area contributed by atoms with Crippen molar-refractivity contribution >= 4 is 11.5 Å².